The maximum Gasteiger partial charge on any atom is 0.137 e. The normalized spacial score (nSPS) is 11.6. The third kappa shape index (κ3) is 2.94. The smallest absolute Gasteiger partial charge is 0.137 e. The Kier molecular flexibility index (Phi) is 4.27. The highest BCUT2D eigenvalue weighted by Crippen LogP contribution is 2.21. The number of benzene rings is 1. The molecule has 0 saturated carbocycles. The van der Waals surface area contributed by atoms with Crippen molar-refractivity contribution in [3.05, 3.63) is 29.3 Å². The standard InChI is InChI=1S/C12H14N2OS/c1-3-8(2)15-11-5-4-9(12(14)16)6-10(11)7-13/h4-6,8H,3H2,1-2H3,(H2,14,16). The Hall–Kier alpha value is -1.60. The molecule has 1 aromatic rings. The highest BCUT2D eigenvalue weighted by Gasteiger charge is 2.08. The Morgan fingerprint density at radius 2 is 2.31 bits per heavy atom. The summed E-state index contributed by atoms with van der Waals surface area (Å²) in [7, 11) is 0. The number of hydrogen-bond acceptors (Lipinski definition) is 3. The van der Waals surface area contributed by atoms with Crippen LogP contribution < -0.4 is 10.5 Å². The quantitative estimate of drug-likeness (QED) is 0.812. The van der Waals surface area contributed by atoms with E-state index in [1.165, 1.54) is 0 Å². The number of rotatable bonds is 4. The van der Waals surface area contributed by atoms with Gasteiger partial charge in [0.05, 0.1) is 11.7 Å². The van der Waals surface area contributed by atoms with E-state index < -0.39 is 0 Å². The molecule has 0 saturated heterocycles. The Labute approximate surface area is 101 Å². The SMILES string of the molecule is CCC(C)Oc1ccc(C(N)=S)cc1C#N. The van der Waals surface area contributed by atoms with Crippen LogP contribution in [0.2, 0.25) is 0 Å². The van der Waals surface area contributed by atoms with E-state index in [9.17, 15) is 0 Å². The van der Waals surface area contributed by atoms with Gasteiger partial charge in [-0.25, -0.2) is 0 Å². The van der Waals surface area contributed by atoms with Crippen LogP contribution in [0.1, 0.15) is 31.4 Å². The lowest BCUT2D eigenvalue weighted by atomic mass is 10.1. The Morgan fingerprint density at radius 3 is 2.81 bits per heavy atom. The highest BCUT2D eigenvalue weighted by molar-refractivity contribution is 7.80. The number of hydrogen-bond donors (Lipinski definition) is 1. The Bertz CT molecular complexity index is 437. The summed E-state index contributed by atoms with van der Waals surface area (Å²) in [4.78, 5) is 0.284. The topological polar surface area (TPSA) is 59.0 Å². The second kappa shape index (κ2) is 5.47. The van der Waals surface area contributed by atoms with Gasteiger partial charge in [-0.15, -0.1) is 0 Å². The summed E-state index contributed by atoms with van der Waals surface area (Å²) in [6, 6.07) is 7.23. The van der Waals surface area contributed by atoms with Gasteiger partial charge in [0.15, 0.2) is 0 Å². The number of nitrogens with two attached hydrogens (primary N) is 1. The van der Waals surface area contributed by atoms with Gasteiger partial charge in [-0.3, -0.25) is 0 Å². The van der Waals surface area contributed by atoms with Gasteiger partial charge in [-0.1, -0.05) is 19.1 Å². The number of nitrogens with zero attached hydrogens (tertiary/aromatic N) is 1. The van der Waals surface area contributed by atoms with Crippen LogP contribution in [0, 0.1) is 11.3 Å². The molecule has 1 aromatic carbocycles. The van der Waals surface area contributed by atoms with Gasteiger partial charge >= 0.3 is 0 Å². The zero-order valence-corrected chi connectivity index (χ0v) is 10.2. The van der Waals surface area contributed by atoms with E-state index in [1.54, 1.807) is 18.2 Å². The van der Waals surface area contributed by atoms with Gasteiger partial charge in [0.25, 0.3) is 0 Å². The molecule has 0 heterocycles. The minimum atomic E-state index is 0.0859. The molecular formula is C12H14N2OS. The summed E-state index contributed by atoms with van der Waals surface area (Å²) in [6.45, 7) is 3.99. The predicted molar refractivity (Wildman–Crippen MR) is 67.4 cm³/mol. The van der Waals surface area contributed by atoms with E-state index >= 15 is 0 Å². The van der Waals surface area contributed by atoms with Gasteiger partial charge in [0, 0.05) is 5.56 Å². The first-order chi connectivity index (χ1) is 7.58. The molecule has 16 heavy (non-hydrogen) atoms. The van der Waals surface area contributed by atoms with Crippen LogP contribution in [0.3, 0.4) is 0 Å². The van der Waals surface area contributed by atoms with Gasteiger partial charge in [-0.2, -0.15) is 5.26 Å². The first kappa shape index (κ1) is 12.5. The molecule has 4 heteroatoms. The molecule has 0 amide bonds. The summed E-state index contributed by atoms with van der Waals surface area (Å²) in [5.41, 5.74) is 6.64. The van der Waals surface area contributed by atoms with E-state index in [4.69, 9.17) is 28.0 Å². The minimum Gasteiger partial charge on any atom is -0.489 e. The molecule has 0 radical (unpaired) electrons. The summed E-state index contributed by atoms with van der Waals surface area (Å²) < 4.78 is 5.61. The molecule has 0 aromatic heterocycles. The zero-order valence-electron chi connectivity index (χ0n) is 9.36. The molecule has 0 bridgehead atoms. The third-order valence-corrected chi connectivity index (χ3v) is 2.52. The van der Waals surface area contributed by atoms with Crippen molar-refractivity contribution in [3.63, 3.8) is 0 Å². The van der Waals surface area contributed by atoms with Crippen molar-refractivity contribution in [2.75, 3.05) is 0 Å². The Balaban J connectivity index is 3.03. The number of thiocarbonyl (C=S) groups is 1. The maximum absolute atomic E-state index is 9.00. The van der Waals surface area contributed by atoms with Crippen molar-refractivity contribution in [2.45, 2.75) is 26.4 Å². The summed E-state index contributed by atoms with van der Waals surface area (Å²) in [6.07, 6.45) is 0.977. The molecule has 0 aliphatic heterocycles. The summed E-state index contributed by atoms with van der Waals surface area (Å²) >= 11 is 4.85. The van der Waals surface area contributed by atoms with Crippen molar-refractivity contribution < 1.29 is 4.74 Å². The fraction of sp³-hybridized carbons (Fsp3) is 0.333. The lowest BCUT2D eigenvalue weighted by molar-refractivity contribution is 0.217. The van der Waals surface area contributed by atoms with Crippen LogP contribution in [-0.2, 0) is 0 Å². The van der Waals surface area contributed by atoms with E-state index in [0.29, 0.717) is 16.9 Å². The van der Waals surface area contributed by atoms with Crippen molar-refractivity contribution in [3.8, 4) is 11.8 Å². The molecule has 0 aliphatic rings. The second-order valence-electron chi connectivity index (χ2n) is 3.52. The summed E-state index contributed by atoms with van der Waals surface area (Å²) in [5.74, 6) is 0.580. The van der Waals surface area contributed by atoms with Crippen LogP contribution in [0.4, 0.5) is 0 Å². The van der Waals surface area contributed by atoms with E-state index in [0.717, 1.165) is 6.42 Å². The van der Waals surface area contributed by atoms with Crippen molar-refractivity contribution in [1.29, 1.82) is 5.26 Å². The third-order valence-electron chi connectivity index (χ3n) is 2.29. The lowest BCUT2D eigenvalue weighted by Crippen LogP contribution is -2.12. The average Bonchev–Trinajstić information content (AvgIpc) is 2.29. The number of ether oxygens (including phenoxy) is 1. The zero-order chi connectivity index (χ0) is 12.1. The van der Waals surface area contributed by atoms with Gasteiger partial charge < -0.3 is 10.5 Å². The maximum atomic E-state index is 9.00. The molecule has 1 rings (SSSR count). The molecule has 0 fully saturated rings. The van der Waals surface area contributed by atoms with Crippen LogP contribution in [-0.4, -0.2) is 11.1 Å². The van der Waals surface area contributed by atoms with E-state index in [1.807, 2.05) is 13.8 Å². The van der Waals surface area contributed by atoms with Crippen LogP contribution >= 0.6 is 12.2 Å². The van der Waals surface area contributed by atoms with Crippen molar-refractivity contribution in [1.82, 2.24) is 0 Å². The fourth-order valence-corrected chi connectivity index (χ4v) is 1.30. The summed E-state index contributed by atoms with van der Waals surface area (Å²) in [5, 5.41) is 9.00. The monoisotopic (exact) mass is 234 g/mol. The predicted octanol–water partition coefficient (Wildman–Crippen LogP) is 2.37. The fourth-order valence-electron chi connectivity index (χ4n) is 1.17. The highest BCUT2D eigenvalue weighted by atomic mass is 32.1. The number of nitriles is 1. The van der Waals surface area contributed by atoms with E-state index in [2.05, 4.69) is 6.07 Å². The van der Waals surface area contributed by atoms with Crippen LogP contribution in [0.15, 0.2) is 18.2 Å². The molecule has 84 valence electrons. The molecule has 3 nitrogen and oxygen atoms in total. The van der Waals surface area contributed by atoms with Gasteiger partial charge in [-0.05, 0) is 31.5 Å². The average molecular weight is 234 g/mol. The van der Waals surface area contributed by atoms with Crippen molar-refractivity contribution in [2.24, 2.45) is 5.73 Å². The second-order valence-corrected chi connectivity index (χ2v) is 3.96. The largest absolute Gasteiger partial charge is 0.489 e. The van der Waals surface area contributed by atoms with Crippen LogP contribution in [0.5, 0.6) is 5.75 Å². The first-order valence-electron chi connectivity index (χ1n) is 5.09. The first-order valence-corrected chi connectivity index (χ1v) is 5.50. The van der Waals surface area contributed by atoms with Crippen LogP contribution in [0.25, 0.3) is 0 Å². The molecule has 1 atom stereocenters. The van der Waals surface area contributed by atoms with Crippen molar-refractivity contribution >= 4 is 17.2 Å². The van der Waals surface area contributed by atoms with Gasteiger partial charge in [0.2, 0.25) is 0 Å². The van der Waals surface area contributed by atoms with E-state index in [-0.39, 0.29) is 11.1 Å². The molecule has 0 aliphatic carbocycles. The van der Waals surface area contributed by atoms with Gasteiger partial charge in [0.1, 0.15) is 16.8 Å². The minimum absolute atomic E-state index is 0.0859. The molecule has 1 unspecified atom stereocenters. The molecule has 2 N–H and O–H groups in total. The lowest BCUT2D eigenvalue weighted by Gasteiger charge is -2.14. The Morgan fingerprint density at radius 1 is 1.62 bits per heavy atom. The molecule has 0 spiro atoms. The molecular weight excluding hydrogens is 220 g/mol.